The van der Waals surface area contributed by atoms with E-state index in [0.29, 0.717) is 5.13 Å². The van der Waals surface area contributed by atoms with E-state index in [4.69, 9.17) is 10.8 Å². The van der Waals surface area contributed by atoms with Crippen LogP contribution >= 0.6 is 11.3 Å². The van der Waals surface area contributed by atoms with Gasteiger partial charge in [0.25, 0.3) is 0 Å². The third kappa shape index (κ3) is 1.70. The molecule has 0 aromatic carbocycles. The van der Waals surface area contributed by atoms with Crippen molar-refractivity contribution in [3.05, 3.63) is 17.3 Å². The molecule has 4 N–H and O–H groups in total. The van der Waals surface area contributed by atoms with Crippen molar-refractivity contribution in [3.8, 4) is 0 Å². The number of carboxylic acid groups (broad SMARTS) is 1. The molecule has 7 nitrogen and oxygen atoms in total. The normalized spacial score (nSPS) is 10.3. The second-order valence-electron chi connectivity index (χ2n) is 3.03. The van der Waals surface area contributed by atoms with Gasteiger partial charge in [0.2, 0.25) is 0 Å². The van der Waals surface area contributed by atoms with E-state index < -0.39 is 5.97 Å². The predicted molar refractivity (Wildman–Crippen MR) is 60.1 cm³/mol. The molecule has 0 unspecified atom stereocenters. The predicted octanol–water partition coefficient (Wildman–Crippen LogP) is 0.914. The Labute approximate surface area is 94.5 Å². The average molecular weight is 239 g/mol. The third-order valence-corrected chi connectivity index (χ3v) is 3.13. The number of carbonyl (C=O) groups is 1. The lowest BCUT2D eigenvalue weighted by atomic mass is 10.5. The molecule has 2 aromatic rings. The Balaban J connectivity index is 2.35. The van der Waals surface area contributed by atoms with Crippen LogP contribution in [0.3, 0.4) is 0 Å². The number of nitrogen functional groups attached to an aromatic ring is 1. The van der Waals surface area contributed by atoms with E-state index in [1.165, 1.54) is 0 Å². The monoisotopic (exact) mass is 239 g/mol. The van der Waals surface area contributed by atoms with Crippen LogP contribution in [0.2, 0.25) is 0 Å². The lowest BCUT2D eigenvalue weighted by molar-refractivity contribution is 0.0703. The van der Waals surface area contributed by atoms with Gasteiger partial charge in [-0.1, -0.05) is 11.3 Å². The molecule has 8 heteroatoms. The zero-order valence-corrected chi connectivity index (χ0v) is 9.15. The number of nitrogens with one attached hydrogen (secondary N) is 1. The van der Waals surface area contributed by atoms with Crippen molar-refractivity contribution in [1.82, 2.24) is 15.2 Å². The van der Waals surface area contributed by atoms with E-state index in [1.54, 1.807) is 24.3 Å². The summed E-state index contributed by atoms with van der Waals surface area (Å²) in [5.41, 5.74) is 6.28. The Morgan fingerprint density at radius 2 is 2.44 bits per heavy atom. The van der Waals surface area contributed by atoms with E-state index in [9.17, 15) is 4.79 Å². The molecule has 0 fully saturated rings. The van der Waals surface area contributed by atoms with E-state index in [0.717, 1.165) is 17.0 Å². The minimum Gasteiger partial charge on any atom is -0.477 e. The molecule has 2 heterocycles. The molecule has 0 radical (unpaired) electrons. The molecule has 84 valence electrons. The summed E-state index contributed by atoms with van der Waals surface area (Å²) in [5.74, 6) is -1.04. The summed E-state index contributed by atoms with van der Waals surface area (Å²) in [5, 5.41) is 15.8. The molecular formula is C8H9N5O2S. The topological polar surface area (TPSA) is 108 Å². The number of carboxylic acids is 1. The fraction of sp³-hybridized carbons (Fsp3) is 0.125. The van der Waals surface area contributed by atoms with Crippen molar-refractivity contribution in [3.63, 3.8) is 0 Å². The molecule has 0 bridgehead atoms. The van der Waals surface area contributed by atoms with E-state index >= 15 is 0 Å². The highest BCUT2D eigenvalue weighted by molar-refractivity contribution is 7.18. The molecule has 0 saturated carbocycles. The number of rotatable bonds is 3. The van der Waals surface area contributed by atoms with Crippen LogP contribution < -0.4 is 10.6 Å². The minimum atomic E-state index is -1.07. The van der Waals surface area contributed by atoms with Gasteiger partial charge in [-0.15, -0.1) is 0 Å². The van der Waals surface area contributed by atoms with Gasteiger partial charge in [-0.3, -0.25) is 5.10 Å². The summed E-state index contributed by atoms with van der Waals surface area (Å²) >= 11 is 1.02. The largest absolute Gasteiger partial charge is 0.477 e. The number of nitrogens with zero attached hydrogens (tertiary/aromatic N) is 3. The van der Waals surface area contributed by atoms with Crippen LogP contribution in [0.15, 0.2) is 12.4 Å². The number of hydrogen-bond donors (Lipinski definition) is 3. The molecule has 0 aliphatic rings. The molecule has 0 atom stereocenters. The summed E-state index contributed by atoms with van der Waals surface area (Å²) in [6.07, 6.45) is 3.29. The number of H-pyrrole nitrogens is 1. The van der Waals surface area contributed by atoms with Crippen molar-refractivity contribution >= 4 is 33.9 Å². The van der Waals surface area contributed by atoms with Gasteiger partial charge in [0.1, 0.15) is 0 Å². The molecule has 0 amide bonds. The molecule has 2 rings (SSSR count). The van der Waals surface area contributed by atoms with Crippen molar-refractivity contribution in [2.45, 2.75) is 0 Å². The first-order valence-corrected chi connectivity index (χ1v) is 5.13. The Kier molecular flexibility index (Phi) is 2.49. The zero-order chi connectivity index (χ0) is 11.7. The molecule has 2 aromatic heterocycles. The standard InChI is InChI=1S/C8H9N5O2S/c1-13(4-2-10-11-3-4)8-12-6(9)5(16-8)7(14)15/h2-3H,9H2,1H3,(H,10,11)(H,14,15). The summed E-state index contributed by atoms with van der Waals surface area (Å²) in [7, 11) is 1.76. The van der Waals surface area contributed by atoms with Crippen molar-refractivity contribution < 1.29 is 9.90 Å². The molecular weight excluding hydrogens is 230 g/mol. The highest BCUT2D eigenvalue weighted by Crippen LogP contribution is 2.31. The Morgan fingerprint density at radius 3 is 2.94 bits per heavy atom. The number of aromatic amines is 1. The molecule has 0 aliphatic carbocycles. The quantitative estimate of drug-likeness (QED) is 0.734. The molecule has 0 spiro atoms. The Hall–Kier alpha value is -2.09. The number of aromatic carboxylic acids is 1. The van der Waals surface area contributed by atoms with Gasteiger partial charge in [0.15, 0.2) is 15.8 Å². The maximum absolute atomic E-state index is 10.8. The van der Waals surface area contributed by atoms with Crippen LogP contribution in [0.1, 0.15) is 9.67 Å². The second-order valence-corrected chi connectivity index (χ2v) is 4.01. The van der Waals surface area contributed by atoms with Crippen molar-refractivity contribution in [1.29, 1.82) is 0 Å². The van der Waals surface area contributed by atoms with Gasteiger partial charge >= 0.3 is 5.97 Å². The average Bonchev–Trinajstić information content (AvgIpc) is 2.84. The molecule has 0 aliphatic heterocycles. The van der Waals surface area contributed by atoms with Gasteiger partial charge in [-0.25, -0.2) is 9.78 Å². The van der Waals surface area contributed by atoms with Gasteiger partial charge < -0.3 is 15.7 Å². The Morgan fingerprint density at radius 1 is 1.69 bits per heavy atom. The third-order valence-electron chi connectivity index (χ3n) is 1.99. The zero-order valence-electron chi connectivity index (χ0n) is 8.34. The fourth-order valence-electron chi connectivity index (χ4n) is 1.15. The van der Waals surface area contributed by atoms with Gasteiger partial charge in [0, 0.05) is 13.2 Å². The number of anilines is 3. The summed E-state index contributed by atoms with van der Waals surface area (Å²) < 4.78 is 0. The van der Waals surface area contributed by atoms with E-state index in [2.05, 4.69) is 15.2 Å². The van der Waals surface area contributed by atoms with Gasteiger partial charge in [-0.05, 0) is 0 Å². The highest BCUT2D eigenvalue weighted by Gasteiger charge is 2.18. The minimum absolute atomic E-state index is 0.0304. The number of hydrogen-bond acceptors (Lipinski definition) is 6. The van der Waals surface area contributed by atoms with Gasteiger partial charge in [-0.2, -0.15) is 5.10 Å². The first-order valence-electron chi connectivity index (χ1n) is 4.31. The Bertz CT molecular complexity index is 506. The van der Waals surface area contributed by atoms with Crippen LogP contribution in [0.25, 0.3) is 0 Å². The fourth-order valence-corrected chi connectivity index (χ4v) is 1.96. The second kappa shape index (κ2) is 3.81. The summed E-state index contributed by atoms with van der Waals surface area (Å²) in [6.45, 7) is 0. The first-order chi connectivity index (χ1) is 7.59. The number of aromatic nitrogens is 3. The van der Waals surface area contributed by atoms with Crippen LogP contribution in [0, 0.1) is 0 Å². The van der Waals surface area contributed by atoms with Crippen molar-refractivity contribution in [2.75, 3.05) is 17.7 Å². The van der Waals surface area contributed by atoms with Crippen molar-refractivity contribution in [2.24, 2.45) is 0 Å². The van der Waals surface area contributed by atoms with E-state index in [-0.39, 0.29) is 10.7 Å². The van der Waals surface area contributed by atoms with Crippen LogP contribution in [-0.4, -0.2) is 33.3 Å². The van der Waals surface area contributed by atoms with Crippen LogP contribution in [0.5, 0.6) is 0 Å². The van der Waals surface area contributed by atoms with Crippen LogP contribution in [0.4, 0.5) is 16.6 Å². The maximum Gasteiger partial charge on any atom is 0.349 e. The number of nitrogens with two attached hydrogens (primary N) is 1. The van der Waals surface area contributed by atoms with Crippen LogP contribution in [-0.2, 0) is 0 Å². The molecule has 16 heavy (non-hydrogen) atoms. The molecule has 0 saturated heterocycles. The number of thiazole rings is 1. The van der Waals surface area contributed by atoms with Gasteiger partial charge in [0.05, 0.1) is 11.9 Å². The lowest BCUT2D eigenvalue weighted by Gasteiger charge is -2.11. The maximum atomic E-state index is 10.8. The smallest absolute Gasteiger partial charge is 0.349 e. The van der Waals surface area contributed by atoms with E-state index in [1.807, 2.05) is 0 Å². The lowest BCUT2D eigenvalue weighted by Crippen LogP contribution is -2.07. The first kappa shape index (κ1) is 10.4. The SMILES string of the molecule is CN(c1cn[nH]c1)c1nc(N)c(C(=O)O)s1. The summed E-state index contributed by atoms with van der Waals surface area (Å²) in [6, 6.07) is 0. The highest BCUT2D eigenvalue weighted by atomic mass is 32.1. The summed E-state index contributed by atoms with van der Waals surface area (Å²) in [4.78, 5) is 16.5.